The van der Waals surface area contributed by atoms with E-state index in [1.54, 1.807) is 36.7 Å². The number of nitrogens with one attached hydrogen (secondary N) is 2. The highest BCUT2D eigenvalue weighted by Crippen LogP contribution is 2.26. The van der Waals surface area contributed by atoms with Crippen molar-refractivity contribution in [2.24, 2.45) is 0 Å². The van der Waals surface area contributed by atoms with Gasteiger partial charge in [0.1, 0.15) is 11.5 Å². The molecular formula is C17H15N3O3S. The van der Waals surface area contributed by atoms with Gasteiger partial charge in [0.05, 0.1) is 11.3 Å². The summed E-state index contributed by atoms with van der Waals surface area (Å²) in [6.07, 6.45) is 0. The van der Waals surface area contributed by atoms with Crippen LogP contribution in [0.5, 0.6) is 0 Å². The van der Waals surface area contributed by atoms with Crippen LogP contribution in [0.4, 0.5) is 5.69 Å². The molecule has 2 N–H and O–H groups in total. The fraction of sp³-hybridized carbons (Fsp3) is 0.118. The van der Waals surface area contributed by atoms with Gasteiger partial charge in [-0.15, -0.1) is 11.3 Å². The summed E-state index contributed by atoms with van der Waals surface area (Å²) in [6, 6.07) is 10.5. The standard InChI is InChI=1S/C17H15N3O3S/c1-10-7-8-14(23-10)17-20-13(9-24-17)16(22)19-12-6-4-3-5-11(12)15(21)18-2/h3-9H,1-2H3,(H,18,21)(H,19,22). The van der Waals surface area contributed by atoms with E-state index in [0.717, 1.165) is 5.76 Å². The van der Waals surface area contributed by atoms with E-state index >= 15 is 0 Å². The summed E-state index contributed by atoms with van der Waals surface area (Å²) in [5, 5.41) is 7.56. The number of thiazole rings is 1. The zero-order valence-electron chi connectivity index (χ0n) is 13.1. The minimum atomic E-state index is -0.378. The third-order valence-electron chi connectivity index (χ3n) is 3.33. The normalized spacial score (nSPS) is 10.4. The van der Waals surface area contributed by atoms with Crippen LogP contribution in [-0.2, 0) is 0 Å². The van der Waals surface area contributed by atoms with Gasteiger partial charge in [-0.25, -0.2) is 4.98 Å². The minimum Gasteiger partial charge on any atom is -0.459 e. The van der Waals surface area contributed by atoms with Gasteiger partial charge in [-0.05, 0) is 31.2 Å². The van der Waals surface area contributed by atoms with Gasteiger partial charge >= 0.3 is 0 Å². The molecule has 24 heavy (non-hydrogen) atoms. The van der Waals surface area contributed by atoms with E-state index in [1.165, 1.54) is 11.3 Å². The molecule has 0 spiro atoms. The highest BCUT2D eigenvalue weighted by atomic mass is 32.1. The molecule has 0 atom stereocenters. The molecule has 2 amide bonds. The highest BCUT2D eigenvalue weighted by Gasteiger charge is 2.16. The average Bonchev–Trinajstić information content (AvgIpc) is 3.23. The van der Waals surface area contributed by atoms with E-state index in [2.05, 4.69) is 15.6 Å². The second-order valence-corrected chi connectivity index (χ2v) is 5.89. The van der Waals surface area contributed by atoms with Crippen molar-refractivity contribution in [2.75, 3.05) is 12.4 Å². The molecule has 0 saturated heterocycles. The van der Waals surface area contributed by atoms with Gasteiger partial charge in [-0.3, -0.25) is 9.59 Å². The Balaban J connectivity index is 1.81. The second-order valence-electron chi connectivity index (χ2n) is 5.03. The van der Waals surface area contributed by atoms with Crippen molar-refractivity contribution in [1.29, 1.82) is 0 Å². The number of rotatable bonds is 4. The average molecular weight is 341 g/mol. The van der Waals surface area contributed by atoms with Crippen LogP contribution in [-0.4, -0.2) is 23.8 Å². The molecule has 0 bridgehead atoms. The summed E-state index contributed by atoms with van der Waals surface area (Å²) in [4.78, 5) is 28.5. The van der Waals surface area contributed by atoms with Gasteiger partial charge in [-0.2, -0.15) is 0 Å². The van der Waals surface area contributed by atoms with Crippen LogP contribution in [0.2, 0.25) is 0 Å². The van der Waals surface area contributed by atoms with Crippen molar-refractivity contribution in [2.45, 2.75) is 6.92 Å². The maximum atomic E-state index is 12.4. The molecule has 122 valence electrons. The molecule has 3 aromatic rings. The van der Waals surface area contributed by atoms with Gasteiger partial charge in [0, 0.05) is 12.4 Å². The van der Waals surface area contributed by atoms with Crippen molar-refractivity contribution in [3.8, 4) is 10.8 Å². The summed E-state index contributed by atoms with van der Waals surface area (Å²) in [5.74, 6) is 0.765. The predicted octanol–water partition coefficient (Wildman–Crippen LogP) is 3.32. The first-order chi connectivity index (χ1) is 11.6. The van der Waals surface area contributed by atoms with Crippen LogP contribution in [0.25, 0.3) is 10.8 Å². The first-order valence-corrected chi connectivity index (χ1v) is 8.11. The Bertz CT molecular complexity index is 898. The van der Waals surface area contributed by atoms with Crippen LogP contribution in [0.1, 0.15) is 26.6 Å². The summed E-state index contributed by atoms with van der Waals surface area (Å²) in [5.41, 5.74) is 1.10. The quantitative estimate of drug-likeness (QED) is 0.762. The maximum absolute atomic E-state index is 12.4. The fourth-order valence-corrected chi connectivity index (χ4v) is 2.91. The molecule has 0 unspecified atom stereocenters. The number of amides is 2. The molecule has 0 fully saturated rings. The van der Waals surface area contributed by atoms with E-state index in [1.807, 2.05) is 19.1 Å². The number of benzene rings is 1. The number of carbonyl (C=O) groups excluding carboxylic acids is 2. The molecular weight excluding hydrogens is 326 g/mol. The van der Waals surface area contributed by atoms with E-state index in [-0.39, 0.29) is 17.5 Å². The number of carbonyl (C=O) groups is 2. The Kier molecular flexibility index (Phi) is 4.43. The summed E-state index contributed by atoms with van der Waals surface area (Å²) < 4.78 is 5.51. The van der Waals surface area contributed by atoms with Crippen LogP contribution < -0.4 is 10.6 Å². The lowest BCUT2D eigenvalue weighted by Crippen LogP contribution is -2.21. The fourth-order valence-electron chi connectivity index (χ4n) is 2.15. The number of para-hydroxylation sites is 1. The molecule has 0 saturated carbocycles. The van der Waals surface area contributed by atoms with Crippen molar-refractivity contribution in [3.63, 3.8) is 0 Å². The summed E-state index contributed by atoms with van der Waals surface area (Å²) in [7, 11) is 1.54. The smallest absolute Gasteiger partial charge is 0.275 e. The molecule has 0 aliphatic heterocycles. The second kappa shape index (κ2) is 6.67. The van der Waals surface area contributed by atoms with E-state index < -0.39 is 0 Å². The predicted molar refractivity (Wildman–Crippen MR) is 92.3 cm³/mol. The van der Waals surface area contributed by atoms with Gasteiger partial charge in [-0.1, -0.05) is 12.1 Å². The van der Waals surface area contributed by atoms with Gasteiger partial charge < -0.3 is 15.1 Å². The number of aromatic nitrogens is 1. The lowest BCUT2D eigenvalue weighted by atomic mass is 10.1. The largest absolute Gasteiger partial charge is 0.459 e. The van der Waals surface area contributed by atoms with Gasteiger partial charge in [0.2, 0.25) is 0 Å². The topological polar surface area (TPSA) is 84.2 Å². The Morgan fingerprint density at radius 2 is 1.92 bits per heavy atom. The number of nitrogens with zero attached hydrogens (tertiary/aromatic N) is 1. The SMILES string of the molecule is CNC(=O)c1ccccc1NC(=O)c1csc(-c2ccc(C)o2)n1. The molecule has 2 aromatic heterocycles. The molecule has 3 rings (SSSR count). The van der Waals surface area contributed by atoms with Crippen LogP contribution in [0.15, 0.2) is 46.2 Å². The van der Waals surface area contributed by atoms with Crippen LogP contribution >= 0.6 is 11.3 Å². The van der Waals surface area contributed by atoms with E-state index in [4.69, 9.17) is 4.42 Å². The highest BCUT2D eigenvalue weighted by molar-refractivity contribution is 7.13. The molecule has 2 heterocycles. The van der Waals surface area contributed by atoms with Crippen molar-refractivity contribution >= 4 is 28.8 Å². The number of furan rings is 1. The van der Waals surface area contributed by atoms with E-state index in [9.17, 15) is 9.59 Å². The van der Waals surface area contributed by atoms with Crippen LogP contribution in [0, 0.1) is 6.92 Å². The minimum absolute atomic E-state index is 0.268. The van der Waals surface area contributed by atoms with Crippen molar-refractivity contribution in [3.05, 3.63) is 58.8 Å². The third-order valence-corrected chi connectivity index (χ3v) is 4.19. The monoisotopic (exact) mass is 341 g/mol. The number of hydrogen-bond acceptors (Lipinski definition) is 5. The first-order valence-electron chi connectivity index (χ1n) is 7.23. The zero-order valence-corrected chi connectivity index (χ0v) is 13.9. The molecule has 7 heteroatoms. The number of aryl methyl sites for hydroxylation is 1. The lowest BCUT2D eigenvalue weighted by Gasteiger charge is -2.08. The molecule has 6 nitrogen and oxygen atoms in total. The Morgan fingerprint density at radius 3 is 2.62 bits per heavy atom. The molecule has 0 aliphatic carbocycles. The molecule has 1 aromatic carbocycles. The molecule has 0 radical (unpaired) electrons. The van der Waals surface area contributed by atoms with Gasteiger partial charge in [0.25, 0.3) is 11.8 Å². The Labute approximate surface area is 142 Å². The zero-order chi connectivity index (χ0) is 17.1. The third kappa shape index (κ3) is 3.21. The summed E-state index contributed by atoms with van der Waals surface area (Å²) in [6.45, 7) is 1.85. The first kappa shape index (κ1) is 15.9. The lowest BCUT2D eigenvalue weighted by molar-refractivity contribution is 0.0964. The van der Waals surface area contributed by atoms with Gasteiger partial charge in [0.15, 0.2) is 10.8 Å². The van der Waals surface area contributed by atoms with Crippen molar-refractivity contribution < 1.29 is 14.0 Å². The Hall–Kier alpha value is -2.93. The number of anilines is 1. The summed E-state index contributed by atoms with van der Waals surface area (Å²) >= 11 is 1.32. The molecule has 0 aliphatic rings. The van der Waals surface area contributed by atoms with Crippen molar-refractivity contribution in [1.82, 2.24) is 10.3 Å². The number of hydrogen-bond donors (Lipinski definition) is 2. The van der Waals surface area contributed by atoms with E-state index in [0.29, 0.717) is 22.0 Å². The maximum Gasteiger partial charge on any atom is 0.275 e. The Morgan fingerprint density at radius 1 is 1.12 bits per heavy atom. The van der Waals surface area contributed by atoms with Crippen LogP contribution in [0.3, 0.4) is 0 Å².